The minimum Gasteiger partial charge on any atom is -0.334 e. The van der Waals surface area contributed by atoms with Gasteiger partial charge < -0.3 is 15.5 Å². The fraction of sp³-hybridized carbons (Fsp3) is 0.619. The summed E-state index contributed by atoms with van der Waals surface area (Å²) in [5.74, 6) is 0.276. The Hall–Kier alpha value is -1.59. The molecule has 1 aliphatic heterocycles. The first kappa shape index (κ1) is 21.7. The molecule has 1 heterocycles. The molecular weight excluding hydrogens is 362 g/mol. The van der Waals surface area contributed by atoms with E-state index in [4.69, 9.17) is 0 Å². The molecule has 1 aromatic rings. The molecule has 6 heteroatoms. The SMILES string of the molecule is CCCN(C(=O)c1cccc(NC(=O)C2CCCCC2)c1)C1CCNC1.Cl. The number of hydrogen-bond donors (Lipinski definition) is 2. The Bertz CT molecular complexity index is 626. The van der Waals surface area contributed by atoms with Crippen LogP contribution in [0.2, 0.25) is 0 Å². The minimum absolute atomic E-state index is 0. The largest absolute Gasteiger partial charge is 0.334 e. The van der Waals surface area contributed by atoms with E-state index in [0.717, 1.165) is 63.8 Å². The summed E-state index contributed by atoms with van der Waals surface area (Å²) in [5, 5.41) is 6.37. The Labute approximate surface area is 168 Å². The van der Waals surface area contributed by atoms with Crippen molar-refractivity contribution in [1.29, 1.82) is 0 Å². The molecule has 2 fully saturated rings. The van der Waals surface area contributed by atoms with Crippen LogP contribution in [0, 0.1) is 5.92 Å². The van der Waals surface area contributed by atoms with Crippen molar-refractivity contribution < 1.29 is 9.59 Å². The topological polar surface area (TPSA) is 61.4 Å². The van der Waals surface area contributed by atoms with E-state index in [2.05, 4.69) is 17.6 Å². The lowest BCUT2D eigenvalue weighted by molar-refractivity contribution is -0.120. The molecule has 0 aromatic heterocycles. The highest BCUT2D eigenvalue weighted by Crippen LogP contribution is 2.25. The van der Waals surface area contributed by atoms with Crippen LogP contribution in [0.1, 0.15) is 62.2 Å². The van der Waals surface area contributed by atoms with Crippen LogP contribution in [0.3, 0.4) is 0 Å². The molecule has 0 bridgehead atoms. The third kappa shape index (κ3) is 5.69. The number of anilines is 1. The van der Waals surface area contributed by atoms with Crippen molar-refractivity contribution in [1.82, 2.24) is 10.2 Å². The lowest BCUT2D eigenvalue weighted by Gasteiger charge is -2.28. The Morgan fingerprint density at radius 2 is 1.96 bits per heavy atom. The summed E-state index contributed by atoms with van der Waals surface area (Å²) in [6.07, 6.45) is 7.41. The molecule has 1 aliphatic carbocycles. The van der Waals surface area contributed by atoms with Gasteiger partial charge in [0.25, 0.3) is 5.91 Å². The molecular formula is C21H32ClN3O2. The number of rotatable bonds is 6. The number of nitrogens with zero attached hydrogens (tertiary/aromatic N) is 1. The molecule has 1 atom stereocenters. The van der Waals surface area contributed by atoms with Crippen LogP contribution in [0.4, 0.5) is 5.69 Å². The van der Waals surface area contributed by atoms with Crippen LogP contribution >= 0.6 is 12.4 Å². The fourth-order valence-corrected chi connectivity index (χ4v) is 4.10. The molecule has 2 amide bonds. The first-order valence-electron chi connectivity index (χ1n) is 10.1. The van der Waals surface area contributed by atoms with Gasteiger partial charge in [-0.25, -0.2) is 0 Å². The lowest BCUT2D eigenvalue weighted by atomic mass is 9.88. The highest BCUT2D eigenvalue weighted by atomic mass is 35.5. The summed E-state index contributed by atoms with van der Waals surface area (Å²) in [6, 6.07) is 7.68. The first-order chi connectivity index (χ1) is 12.7. The maximum atomic E-state index is 13.0. The Morgan fingerprint density at radius 3 is 2.63 bits per heavy atom. The van der Waals surface area contributed by atoms with Crippen molar-refractivity contribution in [2.75, 3.05) is 25.0 Å². The van der Waals surface area contributed by atoms with Crippen LogP contribution < -0.4 is 10.6 Å². The quantitative estimate of drug-likeness (QED) is 0.771. The second kappa shape index (κ2) is 10.7. The molecule has 3 rings (SSSR count). The number of halogens is 1. The van der Waals surface area contributed by atoms with Gasteiger partial charge in [-0.1, -0.05) is 32.3 Å². The summed E-state index contributed by atoms with van der Waals surface area (Å²) in [7, 11) is 0. The lowest BCUT2D eigenvalue weighted by Crippen LogP contribution is -2.42. The molecule has 0 radical (unpaired) electrons. The van der Waals surface area contributed by atoms with E-state index < -0.39 is 0 Å². The van der Waals surface area contributed by atoms with Gasteiger partial charge in [0, 0.05) is 36.3 Å². The number of amides is 2. The Kier molecular flexibility index (Phi) is 8.58. The van der Waals surface area contributed by atoms with E-state index in [0.29, 0.717) is 5.56 Å². The van der Waals surface area contributed by atoms with Gasteiger partial charge in [0.1, 0.15) is 0 Å². The number of nitrogens with one attached hydrogen (secondary N) is 2. The molecule has 2 N–H and O–H groups in total. The zero-order chi connectivity index (χ0) is 18.4. The maximum Gasteiger partial charge on any atom is 0.254 e. The van der Waals surface area contributed by atoms with Gasteiger partial charge in [0.2, 0.25) is 5.91 Å². The standard InChI is InChI=1S/C21H31N3O2.ClH/c1-2-13-24(19-11-12-22-15-19)21(26)17-9-6-10-18(14-17)23-20(25)16-7-4-3-5-8-16;/h6,9-10,14,16,19,22H,2-5,7-8,11-13,15H2,1H3,(H,23,25);1H. The summed E-state index contributed by atoms with van der Waals surface area (Å²) < 4.78 is 0. The van der Waals surface area contributed by atoms with E-state index in [-0.39, 0.29) is 36.2 Å². The summed E-state index contributed by atoms with van der Waals surface area (Å²) in [4.78, 5) is 27.5. The van der Waals surface area contributed by atoms with Crippen LogP contribution in [0.25, 0.3) is 0 Å². The van der Waals surface area contributed by atoms with Gasteiger partial charge in [-0.05, 0) is 50.4 Å². The molecule has 1 aromatic carbocycles. The van der Waals surface area contributed by atoms with Gasteiger partial charge in [0.15, 0.2) is 0 Å². The van der Waals surface area contributed by atoms with Crippen LogP contribution in [0.5, 0.6) is 0 Å². The summed E-state index contributed by atoms with van der Waals surface area (Å²) >= 11 is 0. The number of benzene rings is 1. The third-order valence-corrected chi connectivity index (χ3v) is 5.55. The first-order valence-corrected chi connectivity index (χ1v) is 10.1. The molecule has 27 heavy (non-hydrogen) atoms. The van der Waals surface area contributed by atoms with Gasteiger partial charge in [-0.2, -0.15) is 0 Å². The smallest absolute Gasteiger partial charge is 0.254 e. The molecule has 1 saturated heterocycles. The zero-order valence-corrected chi connectivity index (χ0v) is 17.0. The van der Waals surface area contributed by atoms with Crippen molar-refractivity contribution in [3.8, 4) is 0 Å². The predicted octanol–water partition coefficient (Wildman–Crippen LogP) is 3.84. The van der Waals surface area contributed by atoms with E-state index in [1.54, 1.807) is 0 Å². The average molecular weight is 394 g/mol. The normalized spacial score (nSPS) is 20.0. The second-order valence-corrected chi connectivity index (χ2v) is 7.55. The molecule has 0 spiro atoms. The third-order valence-electron chi connectivity index (χ3n) is 5.55. The average Bonchev–Trinajstić information content (AvgIpc) is 3.21. The monoisotopic (exact) mass is 393 g/mol. The highest BCUT2D eigenvalue weighted by Gasteiger charge is 2.27. The second-order valence-electron chi connectivity index (χ2n) is 7.55. The Balaban J connectivity index is 0.00000261. The number of hydrogen-bond acceptors (Lipinski definition) is 3. The molecule has 150 valence electrons. The molecule has 5 nitrogen and oxygen atoms in total. The van der Waals surface area contributed by atoms with Crippen molar-refractivity contribution >= 4 is 29.9 Å². The highest BCUT2D eigenvalue weighted by molar-refractivity contribution is 5.97. The van der Waals surface area contributed by atoms with E-state index in [9.17, 15) is 9.59 Å². The van der Waals surface area contributed by atoms with Gasteiger partial charge in [0.05, 0.1) is 0 Å². The van der Waals surface area contributed by atoms with Crippen molar-refractivity contribution in [2.24, 2.45) is 5.92 Å². The number of carbonyl (C=O) groups is 2. The number of carbonyl (C=O) groups excluding carboxylic acids is 2. The predicted molar refractivity (Wildman–Crippen MR) is 111 cm³/mol. The van der Waals surface area contributed by atoms with Crippen molar-refractivity contribution in [3.05, 3.63) is 29.8 Å². The summed E-state index contributed by atoms with van der Waals surface area (Å²) in [6.45, 7) is 4.70. The summed E-state index contributed by atoms with van der Waals surface area (Å²) in [5.41, 5.74) is 1.39. The van der Waals surface area contributed by atoms with Gasteiger partial charge in [-0.15, -0.1) is 12.4 Å². The van der Waals surface area contributed by atoms with Crippen molar-refractivity contribution in [3.63, 3.8) is 0 Å². The van der Waals surface area contributed by atoms with Gasteiger partial charge >= 0.3 is 0 Å². The van der Waals surface area contributed by atoms with Crippen LogP contribution in [0.15, 0.2) is 24.3 Å². The molecule has 1 unspecified atom stereocenters. The van der Waals surface area contributed by atoms with E-state index in [1.165, 1.54) is 6.42 Å². The van der Waals surface area contributed by atoms with Crippen molar-refractivity contribution in [2.45, 2.75) is 57.9 Å². The maximum absolute atomic E-state index is 13.0. The fourth-order valence-electron chi connectivity index (χ4n) is 4.10. The van der Waals surface area contributed by atoms with Gasteiger partial charge in [-0.3, -0.25) is 9.59 Å². The Morgan fingerprint density at radius 1 is 1.19 bits per heavy atom. The van der Waals surface area contributed by atoms with Crippen LogP contribution in [-0.4, -0.2) is 42.4 Å². The van der Waals surface area contributed by atoms with Crippen LogP contribution in [-0.2, 0) is 4.79 Å². The molecule has 2 aliphatic rings. The minimum atomic E-state index is 0. The van der Waals surface area contributed by atoms with E-state index in [1.807, 2.05) is 29.2 Å². The molecule has 1 saturated carbocycles. The zero-order valence-electron chi connectivity index (χ0n) is 16.2. The van der Waals surface area contributed by atoms with E-state index >= 15 is 0 Å².